The quantitative estimate of drug-likeness (QED) is 0.790. The number of aromatic hydroxyl groups is 1. The molecular formula is C14H21FN2O3. The Morgan fingerprint density at radius 1 is 1.50 bits per heavy atom. The number of nitrogens with two attached hydrogens (primary N) is 1. The fourth-order valence-corrected chi connectivity index (χ4v) is 1.69. The molecule has 0 fully saturated rings. The first-order valence-electron chi connectivity index (χ1n) is 6.38. The molecule has 0 saturated carbocycles. The number of halogens is 1. The van der Waals surface area contributed by atoms with Crippen molar-refractivity contribution in [2.45, 2.75) is 32.3 Å². The van der Waals surface area contributed by atoms with E-state index in [2.05, 4.69) is 5.32 Å². The van der Waals surface area contributed by atoms with Crippen molar-refractivity contribution in [2.75, 3.05) is 13.1 Å². The lowest BCUT2D eigenvalue weighted by molar-refractivity contribution is 0.0524. The third-order valence-electron chi connectivity index (χ3n) is 2.61. The van der Waals surface area contributed by atoms with Gasteiger partial charge in [-0.3, -0.25) is 0 Å². The molecule has 0 aliphatic heterocycles. The van der Waals surface area contributed by atoms with Crippen LogP contribution in [-0.2, 0) is 4.74 Å². The Balaban J connectivity index is 2.68. The maximum absolute atomic E-state index is 13.2. The topological polar surface area (TPSA) is 84.6 Å². The summed E-state index contributed by atoms with van der Waals surface area (Å²) in [6, 6.07) is 3.64. The number of ether oxygens (including phenoxy) is 1. The Kier molecular flexibility index (Phi) is 5.33. The Labute approximate surface area is 117 Å². The van der Waals surface area contributed by atoms with E-state index in [0.717, 1.165) is 6.07 Å². The molecule has 1 amide bonds. The summed E-state index contributed by atoms with van der Waals surface area (Å²) in [6.45, 7) is 5.58. The minimum absolute atomic E-state index is 0.0483. The van der Waals surface area contributed by atoms with Crippen LogP contribution in [0.2, 0.25) is 0 Å². The zero-order valence-corrected chi connectivity index (χ0v) is 11.9. The highest BCUT2D eigenvalue weighted by Gasteiger charge is 2.19. The van der Waals surface area contributed by atoms with Crippen molar-refractivity contribution in [3.8, 4) is 5.75 Å². The Morgan fingerprint density at radius 2 is 2.15 bits per heavy atom. The lowest BCUT2D eigenvalue weighted by atomic mass is 9.98. The second-order valence-electron chi connectivity index (χ2n) is 5.52. The van der Waals surface area contributed by atoms with Crippen LogP contribution in [0.15, 0.2) is 18.2 Å². The summed E-state index contributed by atoms with van der Waals surface area (Å²) in [5.41, 5.74) is 5.38. The molecule has 112 valence electrons. The van der Waals surface area contributed by atoms with E-state index >= 15 is 0 Å². The molecule has 1 rings (SSSR count). The Hall–Kier alpha value is -1.82. The summed E-state index contributed by atoms with van der Waals surface area (Å²) in [7, 11) is 0. The summed E-state index contributed by atoms with van der Waals surface area (Å²) in [5.74, 6) is -0.903. The summed E-state index contributed by atoms with van der Waals surface area (Å²) in [4.78, 5) is 11.6. The van der Waals surface area contributed by atoms with Crippen LogP contribution in [-0.4, -0.2) is 29.9 Å². The molecule has 0 radical (unpaired) electrons. The largest absolute Gasteiger partial charge is 0.508 e. The molecule has 20 heavy (non-hydrogen) atoms. The average Bonchev–Trinajstić information content (AvgIpc) is 2.32. The van der Waals surface area contributed by atoms with Gasteiger partial charge in [0.1, 0.15) is 17.2 Å². The zero-order valence-electron chi connectivity index (χ0n) is 11.9. The van der Waals surface area contributed by atoms with Gasteiger partial charge in [-0.05, 0) is 39.0 Å². The highest BCUT2D eigenvalue weighted by Crippen LogP contribution is 2.25. The number of alkyl carbamates (subject to hydrolysis) is 1. The Morgan fingerprint density at radius 3 is 2.70 bits per heavy atom. The molecule has 0 bridgehead atoms. The van der Waals surface area contributed by atoms with Gasteiger partial charge in [0.15, 0.2) is 0 Å². The highest BCUT2D eigenvalue weighted by atomic mass is 19.1. The minimum atomic E-state index is -0.594. The van der Waals surface area contributed by atoms with Gasteiger partial charge in [0.05, 0.1) is 0 Å². The van der Waals surface area contributed by atoms with Gasteiger partial charge >= 0.3 is 6.09 Å². The molecule has 0 heterocycles. The van der Waals surface area contributed by atoms with Crippen LogP contribution < -0.4 is 11.1 Å². The van der Waals surface area contributed by atoms with Crippen molar-refractivity contribution < 1.29 is 19.0 Å². The third kappa shape index (κ3) is 5.05. The molecule has 0 aliphatic carbocycles. The molecular weight excluding hydrogens is 263 g/mol. The van der Waals surface area contributed by atoms with Crippen LogP contribution in [0.25, 0.3) is 0 Å². The molecule has 0 aliphatic rings. The van der Waals surface area contributed by atoms with E-state index in [-0.39, 0.29) is 18.8 Å². The number of nitrogens with one attached hydrogen (secondary N) is 1. The third-order valence-corrected chi connectivity index (χ3v) is 2.61. The van der Waals surface area contributed by atoms with E-state index in [4.69, 9.17) is 10.5 Å². The number of carbonyl (C=O) groups excluding carboxylic acids is 1. The second kappa shape index (κ2) is 6.56. The number of hydrogen-bond acceptors (Lipinski definition) is 4. The van der Waals surface area contributed by atoms with Gasteiger partial charge in [0.2, 0.25) is 0 Å². The summed E-state index contributed by atoms with van der Waals surface area (Å²) < 4.78 is 18.3. The molecule has 1 aromatic carbocycles. The van der Waals surface area contributed by atoms with Gasteiger partial charge < -0.3 is 20.9 Å². The van der Waals surface area contributed by atoms with Crippen molar-refractivity contribution in [1.29, 1.82) is 0 Å². The number of benzene rings is 1. The Bertz CT molecular complexity index is 472. The smallest absolute Gasteiger partial charge is 0.407 e. The molecule has 0 saturated heterocycles. The number of carbonyl (C=O) groups is 1. The van der Waals surface area contributed by atoms with Crippen molar-refractivity contribution >= 4 is 6.09 Å². The second-order valence-corrected chi connectivity index (χ2v) is 5.52. The van der Waals surface area contributed by atoms with Crippen LogP contribution >= 0.6 is 0 Å². The number of phenols is 1. The molecule has 6 heteroatoms. The molecule has 5 nitrogen and oxygen atoms in total. The van der Waals surface area contributed by atoms with Crippen LogP contribution in [0.5, 0.6) is 5.75 Å². The number of phenolic OH excluding ortho intramolecular Hbond substituents is 1. The van der Waals surface area contributed by atoms with Crippen molar-refractivity contribution in [2.24, 2.45) is 5.73 Å². The van der Waals surface area contributed by atoms with Crippen molar-refractivity contribution in [3.05, 3.63) is 29.6 Å². The summed E-state index contributed by atoms with van der Waals surface area (Å²) in [5, 5.41) is 12.3. The van der Waals surface area contributed by atoms with Crippen LogP contribution in [0, 0.1) is 5.82 Å². The van der Waals surface area contributed by atoms with E-state index in [1.54, 1.807) is 20.8 Å². The summed E-state index contributed by atoms with van der Waals surface area (Å²) in [6.07, 6.45) is -0.577. The molecule has 1 atom stereocenters. The monoisotopic (exact) mass is 284 g/mol. The number of hydrogen-bond donors (Lipinski definition) is 3. The van der Waals surface area contributed by atoms with Crippen LogP contribution in [0.4, 0.5) is 9.18 Å². The molecule has 1 aromatic rings. The fourth-order valence-electron chi connectivity index (χ4n) is 1.69. The van der Waals surface area contributed by atoms with Gasteiger partial charge in [-0.25, -0.2) is 9.18 Å². The van der Waals surface area contributed by atoms with E-state index < -0.39 is 23.4 Å². The fraction of sp³-hybridized carbons (Fsp3) is 0.500. The van der Waals surface area contributed by atoms with E-state index in [9.17, 15) is 14.3 Å². The van der Waals surface area contributed by atoms with E-state index in [1.165, 1.54) is 12.1 Å². The predicted molar refractivity (Wildman–Crippen MR) is 74.1 cm³/mol. The SMILES string of the molecule is CC(C)(C)OC(=O)NCC(CN)c1cc(F)ccc1O. The maximum Gasteiger partial charge on any atom is 0.407 e. The first-order valence-corrected chi connectivity index (χ1v) is 6.38. The maximum atomic E-state index is 13.2. The van der Waals surface area contributed by atoms with Gasteiger partial charge in [-0.1, -0.05) is 0 Å². The van der Waals surface area contributed by atoms with Gasteiger partial charge in [-0.2, -0.15) is 0 Å². The predicted octanol–water partition coefficient (Wildman–Crippen LogP) is 2.10. The molecule has 1 unspecified atom stereocenters. The minimum Gasteiger partial charge on any atom is -0.508 e. The number of rotatable bonds is 4. The van der Waals surface area contributed by atoms with Crippen LogP contribution in [0.3, 0.4) is 0 Å². The lowest BCUT2D eigenvalue weighted by Gasteiger charge is -2.22. The average molecular weight is 284 g/mol. The molecule has 4 N–H and O–H groups in total. The van der Waals surface area contributed by atoms with E-state index in [0.29, 0.717) is 5.56 Å². The number of amides is 1. The summed E-state index contributed by atoms with van der Waals surface area (Å²) >= 11 is 0. The van der Waals surface area contributed by atoms with Crippen LogP contribution in [0.1, 0.15) is 32.3 Å². The van der Waals surface area contributed by atoms with Gasteiger partial charge in [-0.15, -0.1) is 0 Å². The highest BCUT2D eigenvalue weighted by molar-refractivity contribution is 5.67. The van der Waals surface area contributed by atoms with Crippen molar-refractivity contribution in [3.63, 3.8) is 0 Å². The molecule has 0 aromatic heterocycles. The first kappa shape index (κ1) is 16.2. The van der Waals surface area contributed by atoms with Crippen molar-refractivity contribution in [1.82, 2.24) is 5.32 Å². The lowest BCUT2D eigenvalue weighted by Crippen LogP contribution is -2.36. The van der Waals surface area contributed by atoms with Gasteiger partial charge in [0, 0.05) is 24.6 Å². The van der Waals surface area contributed by atoms with Gasteiger partial charge in [0.25, 0.3) is 0 Å². The first-order chi connectivity index (χ1) is 9.23. The standard InChI is InChI=1S/C14H21FN2O3/c1-14(2,3)20-13(19)17-8-9(7-16)11-6-10(15)4-5-12(11)18/h4-6,9,18H,7-8,16H2,1-3H3,(H,17,19). The molecule has 0 spiro atoms. The van der Waals surface area contributed by atoms with E-state index in [1.807, 2.05) is 0 Å². The normalized spacial score (nSPS) is 12.8. The zero-order chi connectivity index (χ0) is 15.3.